The molecule has 1 fully saturated rings. The largest absolute Gasteiger partial charge is 0.480 e. The highest BCUT2D eigenvalue weighted by Crippen LogP contribution is 2.37. The van der Waals surface area contributed by atoms with Gasteiger partial charge in [0, 0.05) is 6.54 Å². The van der Waals surface area contributed by atoms with Crippen LogP contribution < -0.4 is 4.90 Å². The molecule has 1 aliphatic heterocycles. The lowest BCUT2D eigenvalue weighted by molar-refractivity contribution is -0.384. The van der Waals surface area contributed by atoms with E-state index in [0.29, 0.717) is 18.7 Å². The molecule has 10 heteroatoms. The van der Waals surface area contributed by atoms with Crippen LogP contribution in [-0.2, 0) is 11.0 Å². The van der Waals surface area contributed by atoms with E-state index in [2.05, 4.69) is 4.98 Å². The molecule has 0 aliphatic carbocycles. The summed E-state index contributed by atoms with van der Waals surface area (Å²) >= 11 is 0. The Kier molecular flexibility index (Phi) is 3.71. The van der Waals surface area contributed by atoms with Gasteiger partial charge in [-0.3, -0.25) is 10.1 Å². The molecule has 1 N–H and O–H groups in total. The predicted molar refractivity (Wildman–Crippen MR) is 63.9 cm³/mol. The standard InChI is InChI=1S/C11H10F3N3O4/c12-11(13,14)9-4-7(8(5-15-9)17(20)21)16-3-1-2-6(16)10(18)19/h4-6H,1-3H2,(H,18,19). The first-order valence-corrected chi connectivity index (χ1v) is 5.93. The minimum atomic E-state index is -4.76. The van der Waals surface area contributed by atoms with Gasteiger partial charge in [-0.2, -0.15) is 13.2 Å². The Morgan fingerprint density at radius 1 is 1.52 bits per heavy atom. The van der Waals surface area contributed by atoms with Gasteiger partial charge in [0.25, 0.3) is 0 Å². The van der Waals surface area contributed by atoms with Crippen molar-refractivity contribution < 1.29 is 28.0 Å². The van der Waals surface area contributed by atoms with Crippen LogP contribution in [0.1, 0.15) is 18.5 Å². The average Bonchev–Trinajstić information content (AvgIpc) is 2.85. The smallest absolute Gasteiger partial charge is 0.433 e. The molecule has 1 atom stereocenters. The minimum absolute atomic E-state index is 0.138. The van der Waals surface area contributed by atoms with Crippen LogP contribution in [0.15, 0.2) is 12.3 Å². The lowest BCUT2D eigenvalue weighted by Crippen LogP contribution is -2.36. The van der Waals surface area contributed by atoms with Crippen LogP contribution >= 0.6 is 0 Å². The highest BCUT2D eigenvalue weighted by molar-refractivity contribution is 5.80. The normalized spacial score (nSPS) is 18.8. The first-order valence-electron chi connectivity index (χ1n) is 5.93. The molecule has 1 saturated heterocycles. The molecule has 7 nitrogen and oxygen atoms in total. The number of aliphatic carboxylic acids is 1. The first kappa shape index (κ1) is 15.0. The molecule has 1 unspecified atom stereocenters. The summed E-state index contributed by atoms with van der Waals surface area (Å²) in [4.78, 5) is 25.3. The van der Waals surface area contributed by atoms with Crippen LogP contribution in [-0.4, -0.2) is 33.6 Å². The number of halogens is 3. The number of hydrogen-bond donors (Lipinski definition) is 1. The quantitative estimate of drug-likeness (QED) is 0.678. The molecule has 0 radical (unpaired) electrons. The van der Waals surface area contributed by atoms with Crippen LogP contribution in [0.5, 0.6) is 0 Å². The van der Waals surface area contributed by atoms with E-state index in [0.717, 1.165) is 4.90 Å². The fraction of sp³-hybridized carbons (Fsp3) is 0.455. The fourth-order valence-corrected chi connectivity index (χ4v) is 2.28. The predicted octanol–water partition coefficient (Wildman–Crippen LogP) is 2.06. The van der Waals surface area contributed by atoms with Crippen LogP contribution in [0.25, 0.3) is 0 Å². The highest BCUT2D eigenvalue weighted by atomic mass is 19.4. The number of nitro groups is 1. The second-order valence-electron chi connectivity index (χ2n) is 4.50. The molecular weight excluding hydrogens is 295 g/mol. The highest BCUT2D eigenvalue weighted by Gasteiger charge is 2.38. The lowest BCUT2D eigenvalue weighted by Gasteiger charge is -2.23. The van der Waals surface area contributed by atoms with Gasteiger partial charge in [0.2, 0.25) is 0 Å². The van der Waals surface area contributed by atoms with E-state index < -0.39 is 34.5 Å². The van der Waals surface area contributed by atoms with Gasteiger partial charge in [-0.05, 0) is 18.9 Å². The molecule has 2 rings (SSSR count). The SMILES string of the molecule is O=C(O)C1CCCN1c1cc(C(F)(F)F)ncc1[N+](=O)[O-]. The monoisotopic (exact) mass is 305 g/mol. The summed E-state index contributed by atoms with van der Waals surface area (Å²) in [7, 11) is 0. The number of carboxylic acid groups (broad SMARTS) is 1. The summed E-state index contributed by atoms with van der Waals surface area (Å²) in [6.07, 6.45) is -3.61. The number of anilines is 1. The Morgan fingerprint density at radius 3 is 2.71 bits per heavy atom. The third-order valence-corrected chi connectivity index (χ3v) is 3.20. The molecule has 114 valence electrons. The number of rotatable bonds is 3. The zero-order valence-electron chi connectivity index (χ0n) is 10.5. The number of aromatic nitrogens is 1. The van der Waals surface area contributed by atoms with E-state index in [-0.39, 0.29) is 18.7 Å². The molecular formula is C11H10F3N3O4. The number of nitrogens with zero attached hydrogens (tertiary/aromatic N) is 3. The molecule has 1 aliphatic rings. The van der Waals surface area contributed by atoms with Crippen molar-refractivity contribution in [2.24, 2.45) is 0 Å². The summed E-state index contributed by atoms with van der Waals surface area (Å²) in [5.41, 5.74) is -2.30. The average molecular weight is 305 g/mol. The van der Waals surface area contributed by atoms with Crippen molar-refractivity contribution in [3.63, 3.8) is 0 Å². The minimum Gasteiger partial charge on any atom is -0.480 e. The summed E-state index contributed by atoms with van der Waals surface area (Å²) in [6.45, 7) is 0.138. The van der Waals surface area contributed by atoms with E-state index in [1.807, 2.05) is 0 Å². The van der Waals surface area contributed by atoms with Gasteiger partial charge in [0.05, 0.1) is 4.92 Å². The van der Waals surface area contributed by atoms with Crippen LogP contribution in [0.3, 0.4) is 0 Å². The summed E-state index contributed by atoms with van der Waals surface area (Å²) in [5, 5.41) is 20.0. The van der Waals surface area contributed by atoms with E-state index >= 15 is 0 Å². The van der Waals surface area contributed by atoms with Crippen LogP contribution in [0, 0.1) is 10.1 Å². The molecule has 21 heavy (non-hydrogen) atoms. The molecule has 1 aromatic rings. The summed E-state index contributed by atoms with van der Waals surface area (Å²) in [6, 6.07) is -0.550. The fourth-order valence-electron chi connectivity index (χ4n) is 2.28. The third-order valence-electron chi connectivity index (χ3n) is 3.20. The van der Waals surface area contributed by atoms with Crippen LogP contribution in [0.2, 0.25) is 0 Å². The van der Waals surface area contributed by atoms with Gasteiger partial charge in [-0.25, -0.2) is 9.78 Å². The number of alkyl halides is 3. The molecule has 1 aromatic heterocycles. The van der Waals surface area contributed by atoms with Gasteiger partial charge in [-0.15, -0.1) is 0 Å². The number of pyridine rings is 1. The first-order chi connectivity index (χ1) is 9.71. The Morgan fingerprint density at radius 2 is 2.19 bits per heavy atom. The van der Waals surface area contributed by atoms with Gasteiger partial charge < -0.3 is 10.0 Å². The zero-order chi connectivity index (χ0) is 15.8. The maximum absolute atomic E-state index is 12.7. The van der Waals surface area contributed by atoms with Crippen molar-refractivity contribution in [2.75, 3.05) is 11.4 Å². The molecule has 0 amide bonds. The topological polar surface area (TPSA) is 96.6 Å². The van der Waals surface area contributed by atoms with Gasteiger partial charge in [0.1, 0.15) is 23.6 Å². The second-order valence-corrected chi connectivity index (χ2v) is 4.50. The van der Waals surface area contributed by atoms with Crippen LogP contribution in [0.4, 0.5) is 24.5 Å². The van der Waals surface area contributed by atoms with Crippen molar-refractivity contribution in [1.29, 1.82) is 0 Å². The Bertz CT molecular complexity index is 591. The van der Waals surface area contributed by atoms with Crippen molar-refractivity contribution in [1.82, 2.24) is 4.98 Å². The maximum atomic E-state index is 12.7. The van der Waals surface area contributed by atoms with Gasteiger partial charge in [0.15, 0.2) is 0 Å². The van der Waals surface area contributed by atoms with Crippen molar-refractivity contribution in [3.8, 4) is 0 Å². The van der Waals surface area contributed by atoms with Gasteiger partial charge >= 0.3 is 17.8 Å². The van der Waals surface area contributed by atoms with Gasteiger partial charge in [-0.1, -0.05) is 0 Å². The number of carboxylic acids is 1. The third kappa shape index (κ3) is 2.88. The second kappa shape index (κ2) is 5.19. The Balaban J connectivity index is 2.53. The molecule has 0 saturated carbocycles. The van der Waals surface area contributed by atoms with E-state index in [4.69, 9.17) is 5.11 Å². The van der Waals surface area contributed by atoms with E-state index in [1.165, 1.54) is 0 Å². The molecule has 0 spiro atoms. The van der Waals surface area contributed by atoms with E-state index in [1.54, 1.807) is 0 Å². The van der Waals surface area contributed by atoms with Crippen molar-refractivity contribution in [3.05, 3.63) is 28.1 Å². The van der Waals surface area contributed by atoms with E-state index in [9.17, 15) is 28.1 Å². The summed E-state index contributed by atoms with van der Waals surface area (Å²) in [5.74, 6) is -1.23. The number of hydrogen-bond acceptors (Lipinski definition) is 5. The molecule has 0 bridgehead atoms. The molecule has 0 aromatic carbocycles. The van der Waals surface area contributed by atoms with Crippen molar-refractivity contribution in [2.45, 2.75) is 25.1 Å². The van der Waals surface area contributed by atoms with Crippen molar-refractivity contribution >= 4 is 17.3 Å². The molecule has 2 heterocycles. The summed E-state index contributed by atoms with van der Waals surface area (Å²) < 4.78 is 38.0. The number of carbonyl (C=O) groups is 1. The lowest BCUT2D eigenvalue weighted by atomic mass is 10.2. The maximum Gasteiger partial charge on any atom is 0.433 e. The Hall–Kier alpha value is -2.39. The zero-order valence-corrected chi connectivity index (χ0v) is 10.5. The Labute approximate surface area is 116 Å².